The molecule has 0 amide bonds. The zero-order valence-corrected chi connectivity index (χ0v) is 12.0. The van der Waals surface area contributed by atoms with Gasteiger partial charge in [0.15, 0.2) is 0 Å². The Kier molecular flexibility index (Phi) is 6.51. The molecule has 2 aromatic carbocycles. The van der Waals surface area contributed by atoms with Crippen molar-refractivity contribution < 1.29 is 0 Å². The van der Waals surface area contributed by atoms with Crippen LogP contribution in [0.5, 0.6) is 0 Å². The van der Waals surface area contributed by atoms with Crippen LogP contribution in [0.15, 0.2) is 48.5 Å². The minimum atomic E-state index is 0. The van der Waals surface area contributed by atoms with Gasteiger partial charge in [0.2, 0.25) is 0 Å². The Bertz CT molecular complexity index is 486. The van der Waals surface area contributed by atoms with Crippen molar-refractivity contribution in [3.05, 3.63) is 69.7 Å². The van der Waals surface area contributed by atoms with Crippen LogP contribution in [0.25, 0.3) is 0 Å². The molecule has 1 nitrogen and oxygen atoms in total. The van der Waals surface area contributed by atoms with Crippen LogP contribution in [0, 0.1) is 0 Å². The Labute approximate surface area is 124 Å². The van der Waals surface area contributed by atoms with E-state index in [4.69, 9.17) is 23.2 Å². The molecule has 0 aliphatic carbocycles. The number of halogens is 3. The van der Waals surface area contributed by atoms with Crippen molar-refractivity contribution in [2.24, 2.45) is 0 Å². The van der Waals surface area contributed by atoms with Crippen LogP contribution in [0.2, 0.25) is 10.0 Å². The molecule has 18 heavy (non-hydrogen) atoms. The third-order valence-corrected chi connectivity index (χ3v) is 3.38. The fourth-order valence-electron chi connectivity index (χ4n) is 1.62. The fraction of sp³-hybridized carbons (Fsp3) is 0.143. The molecule has 0 spiro atoms. The summed E-state index contributed by atoms with van der Waals surface area (Å²) in [5.74, 6) is 0. The molecule has 0 saturated heterocycles. The third-order valence-electron chi connectivity index (χ3n) is 2.52. The van der Waals surface area contributed by atoms with E-state index in [9.17, 15) is 0 Å². The summed E-state index contributed by atoms with van der Waals surface area (Å²) in [6.45, 7) is 1.54. The van der Waals surface area contributed by atoms with E-state index in [1.165, 1.54) is 5.56 Å². The van der Waals surface area contributed by atoms with Crippen LogP contribution in [0.4, 0.5) is 0 Å². The molecule has 0 fully saturated rings. The topological polar surface area (TPSA) is 12.0 Å². The van der Waals surface area contributed by atoms with Gasteiger partial charge in [-0.05, 0) is 17.2 Å². The van der Waals surface area contributed by atoms with Crippen molar-refractivity contribution in [2.45, 2.75) is 13.1 Å². The maximum atomic E-state index is 6.10. The van der Waals surface area contributed by atoms with Gasteiger partial charge < -0.3 is 5.32 Å². The van der Waals surface area contributed by atoms with Crippen LogP contribution in [-0.2, 0) is 13.1 Å². The quantitative estimate of drug-likeness (QED) is 0.863. The zero-order valence-electron chi connectivity index (χ0n) is 9.70. The summed E-state index contributed by atoms with van der Waals surface area (Å²) in [6, 6.07) is 15.9. The maximum absolute atomic E-state index is 6.10. The monoisotopic (exact) mass is 301 g/mol. The Morgan fingerprint density at radius 3 is 2.28 bits per heavy atom. The fourth-order valence-corrected chi connectivity index (χ4v) is 2.01. The third kappa shape index (κ3) is 4.18. The summed E-state index contributed by atoms with van der Waals surface area (Å²) < 4.78 is 0. The number of hydrogen-bond acceptors (Lipinski definition) is 1. The first-order chi connectivity index (χ1) is 8.27. The highest BCUT2D eigenvalue weighted by Gasteiger charge is 2.03. The molecule has 0 saturated carbocycles. The average Bonchev–Trinajstić information content (AvgIpc) is 2.36. The Balaban J connectivity index is 0.00000162. The van der Waals surface area contributed by atoms with E-state index in [1.54, 1.807) is 6.07 Å². The van der Waals surface area contributed by atoms with Crippen molar-refractivity contribution in [3.8, 4) is 0 Å². The normalized spacial score (nSPS) is 9.89. The lowest BCUT2D eigenvalue weighted by atomic mass is 10.2. The lowest BCUT2D eigenvalue weighted by Crippen LogP contribution is -2.12. The second-order valence-electron chi connectivity index (χ2n) is 3.80. The van der Waals surface area contributed by atoms with Crippen LogP contribution >= 0.6 is 35.6 Å². The van der Waals surface area contributed by atoms with Gasteiger partial charge >= 0.3 is 0 Å². The molecule has 96 valence electrons. The standard InChI is InChI=1S/C14H13Cl2N.ClH/c15-13-8-4-7-12(14(13)16)10-17-9-11-5-2-1-3-6-11;/h1-8,17H,9-10H2;1H. The van der Waals surface area contributed by atoms with E-state index in [0.29, 0.717) is 16.6 Å². The molecular formula is C14H14Cl3N. The van der Waals surface area contributed by atoms with Gasteiger partial charge in [0.1, 0.15) is 0 Å². The van der Waals surface area contributed by atoms with Gasteiger partial charge in [-0.1, -0.05) is 65.7 Å². The number of benzene rings is 2. The van der Waals surface area contributed by atoms with Gasteiger partial charge in [-0.3, -0.25) is 0 Å². The minimum Gasteiger partial charge on any atom is -0.309 e. The Hall–Kier alpha value is -0.730. The molecule has 0 heterocycles. The van der Waals surface area contributed by atoms with Crippen molar-refractivity contribution in [3.63, 3.8) is 0 Å². The van der Waals surface area contributed by atoms with Crippen LogP contribution < -0.4 is 5.32 Å². The van der Waals surface area contributed by atoms with E-state index >= 15 is 0 Å². The van der Waals surface area contributed by atoms with Crippen molar-refractivity contribution >= 4 is 35.6 Å². The van der Waals surface area contributed by atoms with Crippen molar-refractivity contribution in [1.29, 1.82) is 0 Å². The smallest absolute Gasteiger partial charge is 0.0637 e. The lowest BCUT2D eigenvalue weighted by molar-refractivity contribution is 0.693. The molecule has 2 aromatic rings. The second-order valence-corrected chi connectivity index (χ2v) is 4.59. The lowest BCUT2D eigenvalue weighted by Gasteiger charge is -2.07. The summed E-state index contributed by atoms with van der Waals surface area (Å²) in [6.07, 6.45) is 0. The number of rotatable bonds is 4. The largest absolute Gasteiger partial charge is 0.309 e. The highest BCUT2D eigenvalue weighted by Crippen LogP contribution is 2.25. The van der Waals surface area contributed by atoms with Crippen LogP contribution in [-0.4, -0.2) is 0 Å². The second kappa shape index (κ2) is 7.65. The molecule has 0 aromatic heterocycles. The van der Waals surface area contributed by atoms with Gasteiger partial charge in [-0.2, -0.15) is 0 Å². The van der Waals surface area contributed by atoms with Crippen molar-refractivity contribution in [1.82, 2.24) is 5.32 Å². The van der Waals surface area contributed by atoms with Gasteiger partial charge in [0.25, 0.3) is 0 Å². The number of hydrogen-bond donors (Lipinski definition) is 1. The zero-order chi connectivity index (χ0) is 12.1. The molecule has 0 unspecified atom stereocenters. The first-order valence-corrected chi connectivity index (χ1v) is 6.20. The van der Waals surface area contributed by atoms with E-state index in [-0.39, 0.29) is 12.4 Å². The van der Waals surface area contributed by atoms with Crippen LogP contribution in [0.1, 0.15) is 11.1 Å². The average molecular weight is 303 g/mol. The van der Waals surface area contributed by atoms with Crippen LogP contribution in [0.3, 0.4) is 0 Å². The van der Waals surface area contributed by atoms with Gasteiger partial charge in [0, 0.05) is 13.1 Å². The Morgan fingerprint density at radius 2 is 1.56 bits per heavy atom. The minimum absolute atomic E-state index is 0. The first-order valence-electron chi connectivity index (χ1n) is 5.45. The summed E-state index contributed by atoms with van der Waals surface area (Å²) >= 11 is 12.1. The molecule has 0 bridgehead atoms. The highest BCUT2D eigenvalue weighted by atomic mass is 35.5. The van der Waals surface area contributed by atoms with E-state index in [2.05, 4.69) is 17.4 Å². The molecule has 0 radical (unpaired) electrons. The summed E-state index contributed by atoms with van der Waals surface area (Å²) in [7, 11) is 0. The summed E-state index contributed by atoms with van der Waals surface area (Å²) in [4.78, 5) is 0. The summed E-state index contributed by atoms with van der Waals surface area (Å²) in [5.41, 5.74) is 2.28. The Morgan fingerprint density at radius 1 is 0.833 bits per heavy atom. The SMILES string of the molecule is Cl.Clc1cccc(CNCc2ccccc2)c1Cl. The molecular weight excluding hydrogens is 289 g/mol. The predicted octanol–water partition coefficient (Wildman–Crippen LogP) is 4.71. The number of nitrogens with one attached hydrogen (secondary N) is 1. The maximum Gasteiger partial charge on any atom is 0.0637 e. The predicted molar refractivity (Wildman–Crippen MR) is 80.7 cm³/mol. The van der Waals surface area contributed by atoms with Crippen molar-refractivity contribution in [2.75, 3.05) is 0 Å². The molecule has 0 atom stereocenters. The molecule has 2 rings (SSSR count). The molecule has 1 N–H and O–H groups in total. The van der Waals surface area contributed by atoms with Gasteiger partial charge in [-0.25, -0.2) is 0 Å². The van der Waals surface area contributed by atoms with E-state index < -0.39 is 0 Å². The first kappa shape index (κ1) is 15.3. The molecule has 0 aliphatic heterocycles. The van der Waals surface area contributed by atoms with Gasteiger partial charge in [-0.15, -0.1) is 12.4 Å². The highest BCUT2D eigenvalue weighted by molar-refractivity contribution is 6.42. The molecule has 4 heteroatoms. The van der Waals surface area contributed by atoms with E-state index in [1.807, 2.05) is 30.3 Å². The van der Waals surface area contributed by atoms with E-state index in [0.717, 1.165) is 12.1 Å². The van der Waals surface area contributed by atoms with Gasteiger partial charge in [0.05, 0.1) is 10.0 Å². The molecule has 0 aliphatic rings. The summed E-state index contributed by atoms with van der Waals surface area (Å²) in [5, 5.41) is 4.58.